The molecule has 0 saturated heterocycles. The summed E-state index contributed by atoms with van der Waals surface area (Å²) in [5.41, 5.74) is 14.8. The van der Waals surface area contributed by atoms with Crippen LogP contribution >= 0.6 is 0 Å². The van der Waals surface area contributed by atoms with Gasteiger partial charge in [-0.05, 0) is 81.4 Å². The van der Waals surface area contributed by atoms with E-state index in [0.29, 0.717) is 0 Å². The highest BCUT2D eigenvalue weighted by molar-refractivity contribution is 6.84. The molecule has 2 aliphatic heterocycles. The lowest BCUT2D eigenvalue weighted by molar-refractivity contribution is 0.479. The second-order valence-corrected chi connectivity index (χ2v) is 13.6. The minimum Gasteiger partial charge on any atom is -0.551 e. The van der Waals surface area contributed by atoms with Crippen LogP contribution in [0.2, 0.25) is 0 Å². The molecular formula is C48H30BNO2. The van der Waals surface area contributed by atoms with E-state index in [1.165, 1.54) is 38.5 Å². The molecule has 0 aliphatic carbocycles. The maximum Gasteiger partial charge on any atom is 0.434 e. The number of aromatic nitrogens is 1. The fourth-order valence-electron chi connectivity index (χ4n) is 8.32. The highest BCUT2D eigenvalue weighted by Gasteiger charge is 2.40. The number of hydrogen-bond donors (Lipinski definition) is 0. The topological polar surface area (TPSA) is 23.4 Å². The molecule has 0 atom stereocenters. The Bertz CT molecular complexity index is 2820. The van der Waals surface area contributed by atoms with Crippen LogP contribution in [-0.2, 0) is 0 Å². The van der Waals surface area contributed by atoms with Crippen molar-refractivity contribution in [3.63, 3.8) is 0 Å². The third-order valence-electron chi connectivity index (χ3n) is 10.7. The Labute approximate surface area is 302 Å². The van der Waals surface area contributed by atoms with Crippen LogP contribution in [0, 0.1) is 0 Å². The molecule has 3 nitrogen and oxygen atoms in total. The smallest absolute Gasteiger partial charge is 0.434 e. The lowest BCUT2D eigenvalue weighted by Crippen LogP contribution is -2.53. The summed E-state index contributed by atoms with van der Waals surface area (Å²) in [6.45, 7) is -0.278. The van der Waals surface area contributed by atoms with Gasteiger partial charge in [-0.2, -0.15) is 0 Å². The van der Waals surface area contributed by atoms with Crippen molar-refractivity contribution >= 4 is 39.6 Å². The Balaban J connectivity index is 0.989. The first-order chi connectivity index (χ1) is 25.8. The quantitative estimate of drug-likeness (QED) is 0.175. The predicted molar refractivity (Wildman–Crippen MR) is 215 cm³/mol. The van der Waals surface area contributed by atoms with Crippen molar-refractivity contribution in [3.05, 3.63) is 182 Å². The summed E-state index contributed by atoms with van der Waals surface area (Å²) in [4.78, 5) is 0. The highest BCUT2D eigenvalue weighted by Crippen LogP contribution is 2.43. The molecule has 0 spiro atoms. The Morgan fingerprint density at radius 2 is 1.00 bits per heavy atom. The fraction of sp³-hybridized carbons (Fsp3) is 0. The Hall–Kier alpha value is -6.78. The van der Waals surface area contributed by atoms with Gasteiger partial charge >= 0.3 is 6.92 Å². The van der Waals surface area contributed by atoms with E-state index in [9.17, 15) is 0 Å². The minimum absolute atomic E-state index is 0.278. The molecule has 0 bridgehead atoms. The first-order valence-corrected chi connectivity index (χ1v) is 17.8. The summed E-state index contributed by atoms with van der Waals surface area (Å²) in [5, 5.41) is 2.51. The van der Waals surface area contributed by atoms with Crippen molar-refractivity contribution in [3.8, 4) is 67.4 Å². The van der Waals surface area contributed by atoms with Crippen LogP contribution < -0.4 is 20.3 Å². The van der Waals surface area contributed by atoms with Crippen LogP contribution in [0.5, 0.6) is 17.2 Å². The molecule has 2 aliphatic rings. The van der Waals surface area contributed by atoms with Gasteiger partial charge in [0.05, 0.1) is 11.0 Å². The van der Waals surface area contributed by atoms with Gasteiger partial charge in [-0.25, -0.2) is 0 Å². The predicted octanol–water partition coefficient (Wildman–Crippen LogP) is 11.1. The maximum absolute atomic E-state index is 6.99. The van der Waals surface area contributed by atoms with Crippen LogP contribution in [0.25, 0.3) is 72.0 Å². The van der Waals surface area contributed by atoms with Gasteiger partial charge in [0.2, 0.25) is 0 Å². The third-order valence-corrected chi connectivity index (χ3v) is 10.7. The lowest BCUT2D eigenvalue weighted by Gasteiger charge is -2.33. The number of benzene rings is 8. The number of hydrogen-bond acceptors (Lipinski definition) is 2. The molecule has 9 aromatic rings. The summed E-state index contributed by atoms with van der Waals surface area (Å²) in [6, 6.07) is 64.7. The van der Waals surface area contributed by atoms with Crippen LogP contribution in [-0.4, -0.2) is 11.5 Å². The number of ether oxygens (including phenoxy) is 1. The lowest BCUT2D eigenvalue weighted by atomic mass is 9.51. The van der Waals surface area contributed by atoms with E-state index < -0.39 is 0 Å². The van der Waals surface area contributed by atoms with E-state index in [4.69, 9.17) is 9.39 Å². The van der Waals surface area contributed by atoms with Crippen molar-refractivity contribution in [2.75, 3.05) is 0 Å². The van der Waals surface area contributed by atoms with Gasteiger partial charge in [-0.1, -0.05) is 140 Å². The third kappa shape index (κ3) is 4.41. The first-order valence-electron chi connectivity index (χ1n) is 17.8. The van der Waals surface area contributed by atoms with E-state index >= 15 is 0 Å². The molecule has 0 unspecified atom stereocenters. The Morgan fingerprint density at radius 1 is 0.385 bits per heavy atom. The van der Waals surface area contributed by atoms with Gasteiger partial charge in [-0.15, -0.1) is 0 Å². The van der Waals surface area contributed by atoms with Gasteiger partial charge in [-0.3, -0.25) is 0 Å². The second kappa shape index (κ2) is 11.4. The van der Waals surface area contributed by atoms with Crippen molar-refractivity contribution in [1.29, 1.82) is 0 Å². The molecule has 1 aromatic heterocycles. The Morgan fingerprint density at radius 3 is 1.81 bits per heavy atom. The number of nitrogens with zero attached hydrogens (tertiary/aromatic N) is 1. The van der Waals surface area contributed by atoms with E-state index in [-0.39, 0.29) is 6.92 Å². The minimum atomic E-state index is -0.278. The van der Waals surface area contributed by atoms with Crippen molar-refractivity contribution < 1.29 is 9.39 Å². The standard InChI is InChI=1S/C48H30BNO2/c1-2-12-31(13-3-1)36-16-4-5-17-37(36)34-24-26-40-41-20-11-23-45-48(41)49(52-46(40)30-34)42-27-25-33(29-47(42)51-45)32-14-10-15-35(28-32)50-43-21-8-6-18-38(43)39-19-7-9-22-44(39)50/h1-30H. The van der Waals surface area contributed by atoms with E-state index in [0.717, 1.165) is 61.7 Å². The molecule has 11 rings (SSSR count). The summed E-state index contributed by atoms with van der Waals surface area (Å²) in [6.07, 6.45) is 0. The zero-order valence-corrected chi connectivity index (χ0v) is 28.2. The molecule has 52 heavy (non-hydrogen) atoms. The van der Waals surface area contributed by atoms with Gasteiger partial charge in [0.25, 0.3) is 0 Å². The largest absolute Gasteiger partial charge is 0.551 e. The van der Waals surface area contributed by atoms with Crippen LogP contribution in [0.15, 0.2) is 182 Å². The van der Waals surface area contributed by atoms with Crippen molar-refractivity contribution in [2.45, 2.75) is 0 Å². The van der Waals surface area contributed by atoms with Gasteiger partial charge in [0.1, 0.15) is 17.2 Å². The average Bonchev–Trinajstić information content (AvgIpc) is 3.55. The van der Waals surface area contributed by atoms with E-state index in [1.54, 1.807) is 0 Å². The maximum atomic E-state index is 6.99. The number of fused-ring (bicyclic) bond motifs is 7. The normalized spacial score (nSPS) is 12.5. The van der Waals surface area contributed by atoms with Gasteiger partial charge < -0.3 is 14.0 Å². The number of rotatable bonds is 4. The zero-order chi connectivity index (χ0) is 34.2. The van der Waals surface area contributed by atoms with Crippen LogP contribution in [0.3, 0.4) is 0 Å². The summed E-state index contributed by atoms with van der Waals surface area (Å²) in [5.74, 6) is 2.55. The average molecular weight is 664 g/mol. The molecule has 0 radical (unpaired) electrons. The molecule has 4 heteroatoms. The SMILES string of the molecule is c1ccc(-c2ccccc2-c2ccc3c(c2)OB2c4ccc(-c5cccc(-n6c7ccccc7c7ccccc76)c5)cc4Oc4cccc-3c42)cc1. The monoisotopic (exact) mass is 663 g/mol. The van der Waals surface area contributed by atoms with E-state index in [1.807, 2.05) is 0 Å². The second-order valence-electron chi connectivity index (χ2n) is 13.6. The fourth-order valence-corrected chi connectivity index (χ4v) is 8.32. The highest BCUT2D eigenvalue weighted by atomic mass is 16.5. The van der Waals surface area contributed by atoms with Crippen LogP contribution in [0.1, 0.15) is 0 Å². The zero-order valence-electron chi connectivity index (χ0n) is 28.2. The summed E-state index contributed by atoms with van der Waals surface area (Å²) < 4.78 is 16.0. The molecule has 8 aromatic carbocycles. The molecule has 0 amide bonds. The molecule has 0 fully saturated rings. The van der Waals surface area contributed by atoms with Crippen molar-refractivity contribution in [2.24, 2.45) is 0 Å². The number of para-hydroxylation sites is 2. The Kier molecular flexibility index (Phi) is 6.35. The molecule has 0 saturated carbocycles. The van der Waals surface area contributed by atoms with Gasteiger partial charge in [0.15, 0.2) is 0 Å². The molecule has 3 heterocycles. The molecule has 242 valence electrons. The van der Waals surface area contributed by atoms with Crippen LogP contribution in [0.4, 0.5) is 0 Å². The van der Waals surface area contributed by atoms with Crippen molar-refractivity contribution in [1.82, 2.24) is 4.57 Å². The first kappa shape index (κ1) is 29.0. The van der Waals surface area contributed by atoms with Gasteiger partial charge in [0, 0.05) is 32.9 Å². The summed E-state index contributed by atoms with van der Waals surface area (Å²) >= 11 is 0. The molecule has 0 N–H and O–H groups in total. The van der Waals surface area contributed by atoms with E-state index in [2.05, 4.69) is 187 Å². The summed E-state index contributed by atoms with van der Waals surface area (Å²) in [7, 11) is 0. The molecular weight excluding hydrogens is 633 g/mol.